The molecule has 128 valence electrons. The number of benzene rings is 1. The Bertz CT molecular complexity index is 512. The van der Waals surface area contributed by atoms with Gasteiger partial charge in [-0.2, -0.15) is 8.42 Å². The number of hydrogen-bond donors (Lipinski definition) is 1. The van der Waals surface area contributed by atoms with Gasteiger partial charge in [-0.05, 0) is 30.0 Å². The fourth-order valence-electron chi connectivity index (χ4n) is 2.72. The molecule has 0 saturated heterocycles. The number of rotatable bonds is 11. The molecule has 0 bridgehead atoms. The third-order valence-electron chi connectivity index (χ3n) is 4.24. The van der Waals surface area contributed by atoms with E-state index in [0.717, 1.165) is 12.0 Å². The summed E-state index contributed by atoms with van der Waals surface area (Å²) in [5, 5.41) is 0. The first-order valence-corrected chi connectivity index (χ1v) is 9.96. The van der Waals surface area contributed by atoms with Crippen LogP contribution in [0.15, 0.2) is 29.2 Å². The standard InChI is InChI=1S/C18H30O3S.Na.H/c1-3-4-5-6-7-8-9-10-11-16(2)17-12-14-18(15-13-17)22(19,20)21;;/h12-16H,3-11H2,1-2H3,(H,19,20,21);;. The molecule has 0 spiro atoms. The van der Waals surface area contributed by atoms with Gasteiger partial charge in [-0.15, -0.1) is 0 Å². The van der Waals surface area contributed by atoms with Gasteiger partial charge in [-0.25, -0.2) is 0 Å². The molecule has 0 amide bonds. The van der Waals surface area contributed by atoms with Crippen LogP contribution in [-0.2, 0) is 10.1 Å². The van der Waals surface area contributed by atoms with Crippen molar-refractivity contribution in [2.75, 3.05) is 0 Å². The van der Waals surface area contributed by atoms with Crippen LogP contribution >= 0.6 is 0 Å². The molecule has 1 atom stereocenters. The third kappa shape index (κ3) is 9.88. The van der Waals surface area contributed by atoms with Gasteiger partial charge in [0.05, 0.1) is 4.90 Å². The van der Waals surface area contributed by atoms with Crippen LogP contribution in [0.1, 0.15) is 83.1 Å². The summed E-state index contributed by atoms with van der Waals surface area (Å²) in [6.45, 7) is 4.41. The molecule has 3 nitrogen and oxygen atoms in total. The first kappa shape index (κ1) is 23.1. The fourth-order valence-corrected chi connectivity index (χ4v) is 3.20. The van der Waals surface area contributed by atoms with E-state index in [1.165, 1.54) is 63.5 Å². The Hall–Kier alpha value is 0.130. The summed E-state index contributed by atoms with van der Waals surface area (Å²) in [5.74, 6) is 0.426. The van der Waals surface area contributed by atoms with Crippen molar-refractivity contribution in [2.24, 2.45) is 0 Å². The van der Waals surface area contributed by atoms with E-state index in [9.17, 15) is 8.42 Å². The summed E-state index contributed by atoms with van der Waals surface area (Å²) in [4.78, 5) is -0.0319. The molecule has 1 aromatic rings. The van der Waals surface area contributed by atoms with Crippen LogP contribution < -0.4 is 0 Å². The SMILES string of the molecule is CCCCCCCCCCC(C)c1ccc(S(=O)(=O)O)cc1.[NaH]. The molecule has 0 saturated carbocycles. The molecule has 0 fully saturated rings. The Morgan fingerprint density at radius 3 is 1.87 bits per heavy atom. The van der Waals surface area contributed by atoms with Crippen molar-refractivity contribution in [3.05, 3.63) is 29.8 Å². The van der Waals surface area contributed by atoms with E-state index in [1.54, 1.807) is 12.1 Å². The summed E-state index contributed by atoms with van der Waals surface area (Å²) >= 11 is 0. The van der Waals surface area contributed by atoms with Crippen molar-refractivity contribution in [1.29, 1.82) is 0 Å². The molecule has 0 aliphatic rings. The monoisotopic (exact) mass is 350 g/mol. The van der Waals surface area contributed by atoms with Crippen LogP contribution in [0.5, 0.6) is 0 Å². The van der Waals surface area contributed by atoms with Crippen molar-refractivity contribution in [3.63, 3.8) is 0 Å². The zero-order chi connectivity index (χ0) is 16.4. The van der Waals surface area contributed by atoms with Gasteiger partial charge < -0.3 is 0 Å². The van der Waals surface area contributed by atoms with E-state index >= 15 is 0 Å². The van der Waals surface area contributed by atoms with E-state index in [-0.39, 0.29) is 34.5 Å². The number of unbranched alkanes of at least 4 members (excludes halogenated alkanes) is 7. The Balaban J connectivity index is 0.00000484. The van der Waals surface area contributed by atoms with Crippen LogP contribution in [0.2, 0.25) is 0 Å². The fraction of sp³-hybridized carbons (Fsp3) is 0.667. The maximum absolute atomic E-state index is 11.0. The second kappa shape index (κ2) is 12.5. The number of hydrogen-bond acceptors (Lipinski definition) is 2. The third-order valence-corrected chi connectivity index (χ3v) is 5.11. The molecule has 0 aliphatic heterocycles. The zero-order valence-electron chi connectivity index (χ0n) is 13.9. The van der Waals surface area contributed by atoms with Crippen molar-refractivity contribution < 1.29 is 13.0 Å². The van der Waals surface area contributed by atoms with Crippen LogP contribution in [-0.4, -0.2) is 42.5 Å². The first-order chi connectivity index (χ1) is 10.4. The molecule has 1 unspecified atom stereocenters. The summed E-state index contributed by atoms with van der Waals surface area (Å²) < 4.78 is 31.0. The van der Waals surface area contributed by atoms with E-state index < -0.39 is 10.1 Å². The average Bonchev–Trinajstić information content (AvgIpc) is 2.49. The Morgan fingerprint density at radius 1 is 0.913 bits per heavy atom. The normalized spacial score (nSPS) is 12.7. The molecule has 1 N–H and O–H groups in total. The zero-order valence-corrected chi connectivity index (χ0v) is 14.7. The first-order valence-electron chi connectivity index (χ1n) is 8.52. The van der Waals surface area contributed by atoms with E-state index in [4.69, 9.17) is 4.55 Å². The molecular weight excluding hydrogens is 319 g/mol. The topological polar surface area (TPSA) is 54.4 Å². The van der Waals surface area contributed by atoms with Crippen molar-refractivity contribution in [3.8, 4) is 0 Å². The molecule has 0 aliphatic carbocycles. The van der Waals surface area contributed by atoms with Gasteiger partial charge in [0.15, 0.2) is 0 Å². The molecule has 23 heavy (non-hydrogen) atoms. The van der Waals surface area contributed by atoms with E-state index in [0.29, 0.717) is 5.92 Å². The van der Waals surface area contributed by atoms with Gasteiger partial charge in [-0.1, -0.05) is 77.3 Å². The predicted molar refractivity (Wildman–Crippen MR) is 99.0 cm³/mol. The van der Waals surface area contributed by atoms with Crippen molar-refractivity contribution in [1.82, 2.24) is 0 Å². The molecule has 0 radical (unpaired) electrons. The molecule has 1 aromatic carbocycles. The van der Waals surface area contributed by atoms with Crippen LogP contribution in [0.3, 0.4) is 0 Å². The van der Waals surface area contributed by atoms with Crippen molar-refractivity contribution in [2.45, 2.75) is 82.4 Å². The summed E-state index contributed by atoms with van der Waals surface area (Å²) in [6, 6.07) is 6.57. The predicted octanol–water partition coefficient (Wildman–Crippen LogP) is 4.92. The Morgan fingerprint density at radius 2 is 1.39 bits per heavy atom. The van der Waals surface area contributed by atoms with Crippen molar-refractivity contribution >= 4 is 39.7 Å². The minimum atomic E-state index is -4.08. The van der Waals surface area contributed by atoms with E-state index in [1.807, 2.05) is 0 Å². The van der Waals surface area contributed by atoms with Gasteiger partial charge in [0, 0.05) is 0 Å². The van der Waals surface area contributed by atoms with Gasteiger partial charge in [0.25, 0.3) is 10.1 Å². The van der Waals surface area contributed by atoms with Gasteiger partial charge in [0.1, 0.15) is 0 Å². The molecule has 5 heteroatoms. The van der Waals surface area contributed by atoms with E-state index in [2.05, 4.69) is 13.8 Å². The summed E-state index contributed by atoms with van der Waals surface area (Å²) in [6.07, 6.45) is 11.7. The summed E-state index contributed by atoms with van der Waals surface area (Å²) in [7, 11) is -4.08. The van der Waals surface area contributed by atoms with Crippen LogP contribution in [0.4, 0.5) is 0 Å². The van der Waals surface area contributed by atoms with Crippen LogP contribution in [0, 0.1) is 0 Å². The molecule has 0 aromatic heterocycles. The maximum atomic E-state index is 11.0. The van der Waals surface area contributed by atoms with Gasteiger partial charge in [0.2, 0.25) is 0 Å². The average molecular weight is 351 g/mol. The van der Waals surface area contributed by atoms with Gasteiger partial charge >= 0.3 is 29.6 Å². The minimum absolute atomic E-state index is 0. The molecular formula is C18H31NaO3S. The van der Waals surface area contributed by atoms with Crippen LogP contribution in [0.25, 0.3) is 0 Å². The quantitative estimate of drug-likeness (QED) is 0.350. The second-order valence-corrected chi connectivity index (χ2v) is 7.63. The Kier molecular flexibility index (Phi) is 12.6. The molecule has 0 heterocycles. The summed E-state index contributed by atoms with van der Waals surface area (Å²) in [5.41, 5.74) is 1.13. The second-order valence-electron chi connectivity index (χ2n) is 6.21. The van der Waals surface area contributed by atoms with Gasteiger partial charge in [-0.3, -0.25) is 4.55 Å². The molecule has 1 rings (SSSR count). The Labute approximate surface area is 164 Å².